The van der Waals surface area contributed by atoms with Crippen LogP contribution >= 0.6 is 23.4 Å². The molecule has 0 bridgehead atoms. The minimum atomic E-state index is -0.531. The summed E-state index contributed by atoms with van der Waals surface area (Å²) in [5, 5.41) is 15.5. The van der Waals surface area contributed by atoms with Crippen LogP contribution in [0.15, 0.2) is 52.1 Å². The van der Waals surface area contributed by atoms with Crippen LogP contribution in [0.2, 0.25) is 5.02 Å². The Morgan fingerprint density at radius 1 is 1.31 bits per heavy atom. The quantitative estimate of drug-likeness (QED) is 0.591. The van der Waals surface area contributed by atoms with E-state index in [0.717, 1.165) is 5.04 Å². The molecular weight excluding hydrogens is 455 g/mol. The van der Waals surface area contributed by atoms with Crippen molar-refractivity contribution in [2.45, 2.75) is 20.0 Å². The highest BCUT2D eigenvalue weighted by Gasteiger charge is 2.35. The Morgan fingerprint density at radius 3 is 2.81 bits per heavy atom. The highest BCUT2D eigenvalue weighted by Crippen LogP contribution is 2.38. The predicted octanol–water partition coefficient (Wildman–Crippen LogP) is 5.10. The van der Waals surface area contributed by atoms with Gasteiger partial charge in [0.1, 0.15) is 17.5 Å². The fraction of sp³-hybridized carbons (Fsp3) is 0.182. The number of nitrogens with one attached hydrogen (secondary N) is 1. The van der Waals surface area contributed by atoms with Gasteiger partial charge in [-0.2, -0.15) is 15.1 Å². The Kier molecular flexibility index (Phi) is 6.29. The Hall–Kier alpha value is -3.17. The Balaban J connectivity index is 1.62. The molecule has 32 heavy (non-hydrogen) atoms. The summed E-state index contributed by atoms with van der Waals surface area (Å²) in [5.41, 5.74) is 0.971. The van der Waals surface area contributed by atoms with Crippen LogP contribution in [0.25, 0.3) is 6.08 Å². The molecule has 164 valence electrons. The van der Waals surface area contributed by atoms with Gasteiger partial charge in [-0.3, -0.25) is 10.2 Å². The standard InChI is InChI=1S/C22H18ClFN4O3S/c1-3-18-27-28-20(25)14(21(29)26-22(28)32-18)8-12-9-15(23)19(17(10-12)30-2)31-11-13-6-4-5-7-16(13)24/h4-10,25H,3,11H2,1-2H3/b14-8+,25-20?. The van der Waals surface area contributed by atoms with Crippen molar-refractivity contribution in [3.05, 3.63) is 63.9 Å². The lowest BCUT2D eigenvalue weighted by Crippen LogP contribution is -2.35. The molecule has 0 aliphatic carbocycles. The first-order valence-corrected chi connectivity index (χ1v) is 10.8. The summed E-state index contributed by atoms with van der Waals surface area (Å²) in [6.45, 7) is 1.91. The van der Waals surface area contributed by atoms with Crippen LogP contribution in [0.3, 0.4) is 0 Å². The summed E-state index contributed by atoms with van der Waals surface area (Å²) in [7, 11) is 1.45. The molecule has 1 amide bonds. The van der Waals surface area contributed by atoms with Gasteiger partial charge in [0.25, 0.3) is 5.91 Å². The van der Waals surface area contributed by atoms with Gasteiger partial charge in [-0.15, -0.1) is 0 Å². The Bertz CT molecular complexity index is 1210. The zero-order valence-electron chi connectivity index (χ0n) is 17.2. The third-order valence-corrected chi connectivity index (χ3v) is 6.02. The largest absolute Gasteiger partial charge is 0.493 e. The summed E-state index contributed by atoms with van der Waals surface area (Å²) in [6, 6.07) is 9.48. The number of nitrogens with zero attached hydrogens (tertiary/aromatic N) is 3. The van der Waals surface area contributed by atoms with Gasteiger partial charge in [0.2, 0.25) is 5.17 Å². The third-order valence-electron chi connectivity index (χ3n) is 4.69. The molecule has 0 unspecified atom stereocenters. The highest BCUT2D eigenvalue weighted by molar-refractivity contribution is 8.26. The summed E-state index contributed by atoms with van der Waals surface area (Å²) < 4.78 is 25.0. The van der Waals surface area contributed by atoms with E-state index in [9.17, 15) is 9.18 Å². The van der Waals surface area contributed by atoms with Crippen molar-refractivity contribution in [1.29, 1.82) is 5.41 Å². The maximum Gasteiger partial charge on any atom is 0.283 e. The lowest BCUT2D eigenvalue weighted by molar-refractivity contribution is -0.114. The second-order valence-electron chi connectivity index (χ2n) is 6.78. The first-order valence-electron chi connectivity index (χ1n) is 9.64. The number of benzene rings is 2. The number of fused-ring (bicyclic) bond motifs is 1. The number of rotatable bonds is 6. The molecule has 2 aliphatic rings. The number of hydrogen-bond acceptors (Lipinski definition) is 6. The van der Waals surface area contributed by atoms with Crippen molar-refractivity contribution in [2.75, 3.05) is 7.11 Å². The summed E-state index contributed by atoms with van der Waals surface area (Å²) >= 11 is 7.69. The van der Waals surface area contributed by atoms with Gasteiger partial charge < -0.3 is 9.47 Å². The Labute approximate surface area is 193 Å². The van der Waals surface area contributed by atoms with Crippen LogP contribution in [0.5, 0.6) is 11.5 Å². The van der Waals surface area contributed by atoms with Crippen molar-refractivity contribution >= 4 is 51.4 Å². The van der Waals surface area contributed by atoms with Gasteiger partial charge in [-0.1, -0.05) is 36.7 Å². The van der Waals surface area contributed by atoms with E-state index in [1.54, 1.807) is 30.3 Å². The third kappa shape index (κ3) is 4.26. The van der Waals surface area contributed by atoms with Crippen LogP contribution in [0.1, 0.15) is 24.5 Å². The lowest BCUT2D eigenvalue weighted by Gasteiger charge is -2.20. The molecular formula is C22H18ClFN4O3S. The number of hydrogen-bond donors (Lipinski definition) is 1. The topological polar surface area (TPSA) is 87.3 Å². The van der Waals surface area contributed by atoms with Gasteiger partial charge in [0.15, 0.2) is 17.3 Å². The molecule has 2 aromatic carbocycles. The van der Waals surface area contributed by atoms with Gasteiger partial charge in [-0.25, -0.2) is 4.39 Å². The van der Waals surface area contributed by atoms with E-state index in [4.69, 9.17) is 26.5 Å². The number of carbonyl (C=O) groups excluding carboxylic acids is 1. The van der Waals surface area contributed by atoms with Gasteiger partial charge in [0, 0.05) is 5.56 Å². The van der Waals surface area contributed by atoms with Gasteiger partial charge in [0.05, 0.1) is 17.7 Å². The molecule has 2 aliphatic heterocycles. The fourth-order valence-corrected chi connectivity index (χ4v) is 4.17. The molecule has 0 saturated carbocycles. The molecule has 0 spiro atoms. The number of ether oxygens (including phenoxy) is 2. The summed E-state index contributed by atoms with van der Waals surface area (Å²) in [4.78, 5) is 16.6. The molecule has 4 rings (SSSR count). The second kappa shape index (κ2) is 9.13. The van der Waals surface area contributed by atoms with Gasteiger partial charge in [-0.05, 0) is 48.0 Å². The van der Waals surface area contributed by atoms with Crippen molar-refractivity contribution < 1.29 is 18.7 Å². The summed E-state index contributed by atoms with van der Waals surface area (Å²) in [6.07, 6.45) is 2.19. The second-order valence-corrected chi connectivity index (χ2v) is 8.23. The average Bonchev–Trinajstić information content (AvgIpc) is 3.20. The zero-order chi connectivity index (χ0) is 22.8. The molecule has 0 saturated heterocycles. The van der Waals surface area contributed by atoms with Crippen LogP contribution < -0.4 is 9.47 Å². The molecule has 7 nitrogen and oxygen atoms in total. The number of hydrazone groups is 1. The molecule has 2 heterocycles. The van der Waals surface area contributed by atoms with E-state index in [-0.39, 0.29) is 34.6 Å². The lowest BCUT2D eigenvalue weighted by atomic mass is 10.1. The van der Waals surface area contributed by atoms with Gasteiger partial charge >= 0.3 is 0 Å². The van der Waals surface area contributed by atoms with E-state index in [1.807, 2.05) is 6.92 Å². The van der Waals surface area contributed by atoms with E-state index in [2.05, 4.69) is 10.1 Å². The van der Waals surface area contributed by atoms with Crippen LogP contribution in [-0.2, 0) is 11.4 Å². The fourth-order valence-electron chi connectivity index (χ4n) is 3.07. The predicted molar refractivity (Wildman–Crippen MR) is 124 cm³/mol. The maximum absolute atomic E-state index is 13.9. The number of halogens is 2. The van der Waals surface area contributed by atoms with Crippen LogP contribution in [-0.4, -0.2) is 34.1 Å². The molecule has 0 fully saturated rings. The van der Waals surface area contributed by atoms with Crippen molar-refractivity contribution in [1.82, 2.24) is 5.01 Å². The monoisotopic (exact) mass is 472 g/mol. The minimum Gasteiger partial charge on any atom is -0.493 e. The molecule has 10 heteroatoms. The van der Waals surface area contributed by atoms with Crippen molar-refractivity contribution in [3.8, 4) is 11.5 Å². The number of thioether (sulfide) groups is 1. The first-order chi connectivity index (χ1) is 15.4. The summed E-state index contributed by atoms with van der Waals surface area (Å²) in [5.74, 6) is -0.421. The van der Waals surface area contributed by atoms with Crippen molar-refractivity contribution in [2.24, 2.45) is 10.1 Å². The highest BCUT2D eigenvalue weighted by atomic mass is 35.5. The average molecular weight is 473 g/mol. The van der Waals surface area contributed by atoms with Crippen molar-refractivity contribution in [3.63, 3.8) is 0 Å². The number of amidine groups is 2. The molecule has 1 N–H and O–H groups in total. The first kappa shape index (κ1) is 22.0. The number of methoxy groups -OCH3 is 1. The van der Waals surface area contributed by atoms with Crippen LogP contribution in [0, 0.1) is 11.2 Å². The molecule has 0 atom stereocenters. The van der Waals surface area contributed by atoms with E-state index < -0.39 is 5.91 Å². The van der Waals surface area contributed by atoms with E-state index in [0.29, 0.717) is 28.5 Å². The molecule has 0 radical (unpaired) electrons. The van der Waals surface area contributed by atoms with E-state index >= 15 is 0 Å². The number of carbonyl (C=O) groups is 1. The minimum absolute atomic E-state index is 0.0335. The maximum atomic E-state index is 13.9. The Morgan fingerprint density at radius 2 is 2.09 bits per heavy atom. The molecule has 0 aromatic heterocycles. The zero-order valence-corrected chi connectivity index (χ0v) is 18.8. The van der Waals surface area contributed by atoms with E-state index in [1.165, 1.54) is 36.0 Å². The number of aliphatic imine (C=N–C) groups is 1. The smallest absolute Gasteiger partial charge is 0.283 e. The SMILES string of the molecule is CCC1=NN2C(=N)/C(=C\c3cc(Cl)c(OCc4ccccc4F)c(OC)c3)C(=O)N=C2S1. The number of amides is 1. The van der Waals surface area contributed by atoms with Crippen LogP contribution in [0.4, 0.5) is 4.39 Å². The molecule has 2 aromatic rings. The normalized spacial score (nSPS) is 16.8.